The quantitative estimate of drug-likeness (QED) is 0.840. The zero-order valence-corrected chi connectivity index (χ0v) is 10.2. The van der Waals surface area contributed by atoms with Gasteiger partial charge >= 0.3 is 0 Å². The number of aryl methyl sites for hydroxylation is 1. The predicted octanol–water partition coefficient (Wildman–Crippen LogP) is 1.60. The lowest BCUT2D eigenvalue weighted by Crippen LogP contribution is -2.13. The van der Waals surface area contributed by atoms with Gasteiger partial charge in [-0.25, -0.2) is 4.98 Å². The van der Waals surface area contributed by atoms with Crippen LogP contribution in [0.25, 0.3) is 10.9 Å². The first kappa shape index (κ1) is 12.0. The second-order valence-corrected chi connectivity index (χ2v) is 4.10. The topological polar surface area (TPSA) is 85.1 Å². The van der Waals surface area contributed by atoms with Gasteiger partial charge in [-0.05, 0) is 36.8 Å². The minimum atomic E-state index is -0.550. The number of nitrogens with one attached hydrogen (secondary N) is 1. The Bertz CT molecular complexity index is 650. The molecular formula is C13H13N3O2. The average Bonchev–Trinajstić information content (AvgIpc) is 2.28. The van der Waals surface area contributed by atoms with E-state index in [-0.39, 0.29) is 11.6 Å². The van der Waals surface area contributed by atoms with Crippen molar-refractivity contribution in [1.82, 2.24) is 4.98 Å². The van der Waals surface area contributed by atoms with E-state index in [9.17, 15) is 9.59 Å². The van der Waals surface area contributed by atoms with Crippen molar-refractivity contribution in [1.29, 1.82) is 0 Å². The number of hydrogen-bond acceptors (Lipinski definition) is 3. The van der Waals surface area contributed by atoms with Gasteiger partial charge in [0.25, 0.3) is 5.91 Å². The summed E-state index contributed by atoms with van der Waals surface area (Å²) in [7, 11) is 0. The van der Waals surface area contributed by atoms with E-state index in [0.29, 0.717) is 11.2 Å². The lowest BCUT2D eigenvalue weighted by Gasteiger charge is -2.07. The van der Waals surface area contributed by atoms with Crippen molar-refractivity contribution >= 4 is 28.4 Å². The van der Waals surface area contributed by atoms with Gasteiger partial charge in [-0.15, -0.1) is 0 Å². The lowest BCUT2D eigenvalue weighted by molar-refractivity contribution is -0.114. The number of anilines is 1. The van der Waals surface area contributed by atoms with E-state index in [0.717, 1.165) is 10.9 Å². The zero-order chi connectivity index (χ0) is 13.3. The van der Waals surface area contributed by atoms with Gasteiger partial charge in [0.1, 0.15) is 5.69 Å². The minimum absolute atomic E-state index is 0.131. The molecule has 5 nitrogen and oxygen atoms in total. The molecule has 1 aromatic heterocycles. The molecule has 1 heterocycles. The molecule has 3 N–H and O–H groups in total. The molecule has 92 valence electrons. The highest BCUT2D eigenvalue weighted by molar-refractivity contribution is 5.97. The fourth-order valence-electron chi connectivity index (χ4n) is 1.80. The Morgan fingerprint density at radius 3 is 2.61 bits per heavy atom. The van der Waals surface area contributed by atoms with Gasteiger partial charge < -0.3 is 11.1 Å². The monoisotopic (exact) mass is 243 g/mol. The van der Waals surface area contributed by atoms with Crippen LogP contribution >= 0.6 is 0 Å². The van der Waals surface area contributed by atoms with E-state index < -0.39 is 5.91 Å². The fourth-order valence-corrected chi connectivity index (χ4v) is 1.80. The third kappa shape index (κ3) is 2.29. The molecule has 2 amide bonds. The molecule has 0 aliphatic carbocycles. The highest BCUT2D eigenvalue weighted by atomic mass is 16.1. The number of amides is 2. The molecule has 2 rings (SSSR count). The molecule has 2 aromatic rings. The number of nitrogens with zero attached hydrogens (tertiary/aromatic N) is 1. The van der Waals surface area contributed by atoms with Crippen molar-refractivity contribution in [3.63, 3.8) is 0 Å². The highest BCUT2D eigenvalue weighted by Gasteiger charge is 2.08. The lowest BCUT2D eigenvalue weighted by atomic mass is 10.1. The van der Waals surface area contributed by atoms with Crippen LogP contribution in [0.1, 0.15) is 23.0 Å². The summed E-state index contributed by atoms with van der Waals surface area (Å²) in [5.74, 6) is -0.681. The van der Waals surface area contributed by atoms with Crippen LogP contribution in [0, 0.1) is 6.92 Å². The fraction of sp³-hybridized carbons (Fsp3) is 0.154. The van der Waals surface area contributed by atoms with Gasteiger partial charge in [-0.2, -0.15) is 0 Å². The Kier molecular flexibility index (Phi) is 2.97. The molecule has 18 heavy (non-hydrogen) atoms. The van der Waals surface area contributed by atoms with Crippen molar-refractivity contribution in [2.45, 2.75) is 13.8 Å². The second kappa shape index (κ2) is 4.44. The Morgan fingerprint density at radius 2 is 2.00 bits per heavy atom. The van der Waals surface area contributed by atoms with Crippen LogP contribution in [0.2, 0.25) is 0 Å². The zero-order valence-electron chi connectivity index (χ0n) is 10.2. The molecule has 0 aliphatic heterocycles. The molecule has 0 fully saturated rings. The van der Waals surface area contributed by atoms with Crippen LogP contribution in [0.15, 0.2) is 24.3 Å². The van der Waals surface area contributed by atoms with E-state index in [4.69, 9.17) is 5.73 Å². The first-order valence-corrected chi connectivity index (χ1v) is 5.46. The number of fused-ring (bicyclic) bond motifs is 1. The summed E-state index contributed by atoms with van der Waals surface area (Å²) in [5.41, 5.74) is 7.72. The normalized spacial score (nSPS) is 10.3. The van der Waals surface area contributed by atoms with Gasteiger partial charge in [0.05, 0.1) is 5.52 Å². The predicted molar refractivity (Wildman–Crippen MR) is 69.3 cm³/mol. The highest BCUT2D eigenvalue weighted by Crippen LogP contribution is 2.21. The SMILES string of the molecule is CC(=O)Nc1ccc2nc(C(N)=O)cc(C)c2c1. The number of carbonyl (C=O) groups excluding carboxylic acids is 2. The summed E-state index contributed by atoms with van der Waals surface area (Å²) < 4.78 is 0. The van der Waals surface area contributed by atoms with Crippen molar-refractivity contribution < 1.29 is 9.59 Å². The Hall–Kier alpha value is -2.43. The second-order valence-electron chi connectivity index (χ2n) is 4.10. The third-order valence-electron chi connectivity index (χ3n) is 2.59. The van der Waals surface area contributed by atoms with E-state index in [1.807, 2.05) is 13.0 Å². The van der Waals surface area contributed by atoms with Crippen LogP contribution in [0.5, 0.6) is 0 Å². The number of nitrogens with two attached hydrogens (primary N) is 1. The number of primary amides is 1. The van der Waals surface area contributed by atoms with Gasteiger partial charge in [-0.3, -0.25) is 9.59 Å². The minimum Gasteiger partial charge on any atom is -0.364 e. The maximum atomic E-state index is 11.1. The summed E-state index contributed by atoms with van der Waals surface area (Å²) in [5, 5.41) is 3.58. The first-order chi connectivity index (χ1) is 8.47. The van der Waals surface area contributed by atoms with E-state index in [1.165, 1.54) is 6.92 Å². The summed E-state index contributed by atoms with van der Waals surface area (Å²) in [4.78, 5) is 26.3. The van der Waals surface area contributed by atoms with Crippen LogP contribution in [0.4, 0.5) is 5.69 Å². The van der Waals surface area contributed by atoms with Crippen LogP contribution in [-0.4, -0.2) is 16.8 Å². The molecule has 0 radical (unpaired) electrons. The van der Waals surface area contributed by atoms with Crippen molar-refractivity contribution in [2.24, 2.45) is 5.73 Å². The molecule has 0 bridgehead atoms. The Labute approximate surface area is 104 Å². The van der Waals surface area contributed by atoms with E-state index in [1.54, 1.807) is 18.2 Å². The summed E-state index contributed by atoms with van der Waals surface area (Å²) in [6, 6.07) is 6.95. The number of aromatic nitrogens is 1. The Morgan fingerprint density at radius 1 is 1.28 bits per heavy atom. The molecule has 0 unspecified atom stereocenters. The number of pyridine rings is 1. The summed E-state index contributed by atoms with van der Waals surface area (Å²) in [6.07, 6.45) is 0. The van der Waals surface area contributed by atoms with Crippen LogP contribution < -0.4 is 11.1 Å². The van der Waals surface area contributed by atoms with Crippen molar-refractivity contribution in [2.75, 3.05) is 5.32 Å². The van der Waals surface area contributed by atoms with Crippen LogP contribution in [-0.2, 0) is 4.79 Å². The van der Waals surface area contributed by atoms with Gasteiger partial charge in [-0.1, -0.05) is 0 Å². The first-order valence-electron chi connectivity index (χ1n) is 5.46. The Balaban J connectivity index is 2.57. The van der Waals surface area contributed by atoms with Crippen LogP contribution in [0.3, 0.4) is 0 Å². The number of carbonyl (C=O) groups is 2. The molecule has 0 aliphatic rings. The number of hydrogen-bond donors (Lipinski definition) is 2. The number of rotatable bonds is 2. The summed E-state index contributed by atoms with van der Waals surface area (Å²) in [6.45, 7) is 3.32. The molecule has 0 saturated heterocycles. The van der Waals surface area contributed by atoms with Gasteiger partial charge in [0.15, 0.2) is 0 Å². The molecule has 5 heteroatoms. The largest absolute Gasteiger partial charge is 0.364 e. The van der Waals surface area contributed by atoms with E-state index in [2.05, 4.69) is 10.3 Å². The maximum absolute atomic E-state index is 11.1. The maximum Gasteiger partial charge on any atom is 0.267 e. The van der Waals surface area contributed by atoms with Gasteiger partial charge in [0, 0.05) is 18.0 Å². The molecule has 0 spiro atoms. The average molecular weight is 243 g/mol. The third-order valence-corrected chi connectivity index (χ3v) is 2.59. The molecule has 1 aromatic carbocycles. The summed E-state index contributed by atoms with van der Waals surface area (Å²) >= 11 is 0. The number of benzene rings is 1. The van der Waals surface area contributed by atoms with Crippen molar-refractivity contribution in [3.05, 3.63) is 35.5 Å². The standard InChI is InChI=1S/C13H13N3O2/c1-7-5-12(13(14)18)16-11-4-3-9(6-10(7)11)15-8(2)17/h3-6H,1-2H3,(H2,14,18)(H,15,17). The molecular weight excluding hydrogens is 230 g/mol. The molecule has 0 atom stereocenters. The van der Waals surface area contributed by atoms with Crippen molar-refractivity contribution in [3.8, 4) is 0 Å². The van der Waals surface area contributed by atoms with E-state index >= 15 is 0 Å². The smallest absolute Gasteiger partial charge is 0.267 e. The van der Waals surface area contributed by atoms with Gasteiger partial charge in [0.2, 0.25) is 5.91 Å². The molecule has 0 saturated carbocycles.